The third-order valence-corrected chi connectivity index (χ3v) is 3.63. The first-order valence-corrected chi connectivity index (χ1v) is 7.49. The highest BCUT2D eigenvalue weighted by atomic mass is 35.5. The number of tetrazole rings is 1. The van der Waals surface area contributed by atoms with Crippen LogP contribution in [0.15, 0.2) is 42.5 Å². The van der Waals surface area contributed by atoms with Crippen LogP contribution >= 0.6 is 11.6 Å². The lowest BCUT2D eigenvalue weighted by atomic mass is 10.1. The molecule has 0 atom stereocenters. The Labute approximate surface area is 142 Å². The number of nitrogens with one attached hydrogen (secondary N) is 1. The highest BCUT2D eigenvalue weighted by Crippen LogP contribution is 2.20. The Morgan fingerprint density at radius 2 is 2.00 bits per heavy atom. The second kappa shape index (κ2) is 6.76. The normalized spacial score (nSPS) is 10.6. The van der Waals surface area contributed by atoms with E-state index in [1.807, 2.05) is 31.2 Å². The highest BCUT2D eigenvalue weighted by Gasteiger charge is 2.13. The van der Waals surface area contributed by atoms with E-state index in [0.717, 1.165) is 11.1 Å². The van der Waals surface area contributed by atoms with Crippen LogP contribution in [-0.2, 0) is 11.3 Å². The van der Waals surface area contributed by atoms with Crippen molar-refractivity contribution >= 4 is 23.2 Å². The minimum atomic E-state index is -0.545. The van der Waals surface area contributed by atoms with Crippen molar-refractivity contribution in [2.45, 2.75) is 13.5 Å². The molecule has 6 nitrogen and oxygen atoms in total. The molecule has 3 rings (SSSR count). The molecule has 0 spiro atoms. The molecule has 0 aliphatic carbocycles. The zero-order chi connectivity index (χ0) is 17.1. The quantitative estimate of drug-likeness (QED) is 0.788. The van der Waals surface area contributed by atoms with Crippen LogP contribution in [0.3, 0.4) is 0 Å². The molecule has 0 fully saturated rings. The van der Waals surface area contributed by atoms with Gasteiger partial charge in [0.25, 0.3) is 0 Å². The van der Waals surface area contributed by atoms with E-state index in [2.05, 4.69) is 20.8 Å². The average molecular weight is 346 g/mol. The highest BCUT2D eigenvalue weighted by molar-refractivity contribution is 6.31. The predicted molar refractivity (Wildman–Crippen MR) is 88.0 cm³/mol. The number of carbonyl (C=O) groups is 1. The summed E-state index contributed by atoms with van der Waals surface area (Å²) in [4.78, 5) is 12.1. The van der Waals surface area contributed by atoms with Crippen molar-refractivity contribution < 1.29 is 9.18 Å². The fraction of sp³-hybridized carbons (Fsp3) is 0.125. The second-order valence-electron chi connectivity index (χ2n) is 5.20. The van der Waals surface area contributed by atoms with Gasteiger partial charge in [-0.15, -0.1) is 5.10 Å². The van der Waals surface area contributed by atoms with E-state index in [-0.39, 0.29) is 17.5 Å². The first kappa shape index (κ1) is 16.1. The van der Waals surface area contributed by atoms with Gasteiger partial charge in [0.2, 0.25) is 5.91 Å². The minimum absolute atomic E-state index is 0.0597. The van der Waals surface area contributed by atoms with E-state index < -0.39 is 5.82 Å². The summed E-state index contributed by atoms with van der Waals surface area (Å²) in [6.45, 7) is 1.90. The van der Waals surface area contributed by atoms with Crippen molar-refractivity contribution in [2.75, 3.05) is 5.32 Å². The Morgan fingerprint density at radius 1 is 1.25 bits per heavy atom. The van der Waals surface area contributed by atoms with Crippen molar-refractivity contribution in [1.82, 2.24) is 20.2 Å². The van der Waals surface area contributed by atoms with E-state index in [1.165, 1.54) is 22.9 Å². The maximum atomic E-state index is 13.1. The number of halogens is 2. The number of benzene rings is 2. The molecule has 0 aliphatic rings. The smallest absolute Gasteiger partial charge is 0.246 e. The van der Waals surface area contributed by atoms with E-state index >= 15 is 0 Å². The lowest BCUT2D eigenvalue weighted by molar-refractivity contribution is -0.116. The molecule has 0 saturated carbocycles. The van der Waals surface area contributed by atoms with E-state index in [9.17, 15) is 9.18 Å². The summed E-state index contributed by atoms with van der Waals surface area (Å²) in [7, 11) is 0. The molecule has 1 aromatic heterocycles. The lowest BCUT2D eigenvalue weighted by Crippen LogP contribution is -2.20. The molecule has 1 heterocycles. The molecule has 122 valence electrons. The van der Waals surface area contributed by atoms with Gasteiger partial charge in [0, 0.05) is 11.3 Å². The van der Waals surface area contributed by atoms with Crippen LogP contribution in [0.2, 0.25) is 5.02 Å². The van der Waals surface area contributed by atoms with Crippen LogP contribution in [0.4, 0.5) is 10.1 Å². The molecule has 0 aliphatic heterocycles. The summed E-state index contributed by atoms with van der Waals surface area (Å²) in [6.07, 6.45) is 0. The summed E-state index contributed by atoms with van der Waals surface area (Å²) < 4.78 is 14.5. The summed E-state index contributed by atoms with van der Waals surface area (Å²) in [5.41, 5.74) is 2.32. The van der Waals surface area contributed by atoms with Crippen molar-refractivity contribution in [3.05, 3.63) is 58.9 Å². The molecule has 0 radical (unpaired) electrons. The summed E-state index contributed by atoms with van der Waals surface area (Å²) >= 11 is 5.69. The van der Waals surface area contributed by atoms with Gasteiger partial charge in [-0.3, -0.25) is 4.79 Å². The third-order valence-electron chi connectivity index (χ3n) is 3.34. The molecule has 0 saturated heterocycles. The molecular weight excluding hydrogens is 333 g/mol. The van der Waals surface area contributed by atoms with Crippen molar-refractivity contribution in [1.29, 1.82) is 0 Å². The van der Waals surface area contributed by atoms with Crippen LogP contribution in [0.1, 0.15) is 5.56 Å². The van der Waals surface area contributed by atoms with Gasteiger partial charge in [0.05, 0.1) is 5.02 Å². The molecule has 0 bridgehead atoms. The Kier molecular flexibility index (Phi) is 4.52. The topological polar surface area (TPSA) is 72.7 Å². The molecule has 0 unspecified atom stereocenters. The fourth-order valence-electron chi connectivity index (χ4n) is 2.13. The van der Waals surface area contributed by atoms with Gasteiger partial charge in [0.1, 0.15) is 12.4 Å². The summed E-state index contributed by atoms with van der Waals surface area (Å²) in [5, 5.41) is 14.0. The van der Waals surface area contributed by atoms with Gasteiger partial charge in [0.15, 0.2) is 5.82 Å². The van der Waals surface area contributed by atoms with Gasteiger partial charge in [-0.2, -0.15) is 0 Å². The third kappa shape index (κ3) is 3.57. The van der Waals surface area contributed by atoms with Gasteiger partial charge in [-0.1, -0.05) is 41.4 Å². The van der Waals surface area contributed by atoms with Gasteiger partial charge in [-0.25, -0.2) is 9.07 Å². The van der Waals surface area contributed by atoms with E-state index in [0.29, 0.717) is 11.5 Å². The molecule has 8 heteroatoms. The number of amides is 1. The summed E-state index contributed by atoms with van der Waals surface area (Å²) in [5.74, 6) is -0.405. The van der Waals surface area contributed by atoms with Crippen molar-refractivity contribution in [2.24, 2.45) is 0 Å². The number of nitrogens with zero attached hydrogens (tertiary/aromatic N) is 4. The second-order valence-corrected chi connectivity index (χ2v) is 5.61. The van der Waals surface area contributed by atoms with Crippen LogP contribution in [0, 0.1) is 12.7 Å². The first-order chi connectivity index (χ1) is 11.5. The number of carbonyl (C=O) groups excluding carboxylic acids is 1. The Bertz CT molecular complexity index is 878. The van der Waals surface area contributed by atoms with Crippen LogP contribution in [0.5, 0.6) is 0 Å². The largest absolute Gasteiger partial charge is 0.324 e. The zero-order valence-corrected chi connectivity index (χ0v) is 13.5. The number of aromatic nitrogens is 4. The number of rotatable bonds is 4. The Hall–Kier alpha value is -2.80. The van der Waals surface area contributed by atoms with E-state index in [4.69, 9.17) is 11.6 Å². The predicted octanol–water partition coefficient (Wildman–Crippen LogP) is 3.08. The van der Waals surface area contributed by atoms with Crippen molar-refractivity contribution in [3.63, 3.8) is 0 Å². The fourth-order valence-corrected chi connectivity index (χ4v) is 2.31. The number of hydrogen-bond acceptors (Lipinski definition) is 4. The van der Waals surface area contributed by atoms with Crippen LogP contribution in [0.25, 0.3) is 11.4 Å². The monoisotopic (exact) mass is 345 g/mol. The maximum Gasteiger partial charge on any atom is 0.246 e. The first-order valence-electron chi connectivity index (χ1n) is 7.11. The SMILES string of the molecule is Cc1ccc(-c2nnnn2CC(=O)Nc2ccc(F)c(Cl)c2)cc1. The molecule has 1 amide bonds. The molecular formula is C16H13ClFN5O. The molecule has 24 heavy (non-hydrogen) atoms. The molecule has 3 aromatic rings. The maximum absolute atomic E-state index is 13.1. The number of anilines is 1. The zero-order valence-electron chi connectivity index (χ0n) is 12.7. The number of hydrogen-bond donors (Lipinski definition) is 1. The van der Waals surface area contributed by atoms with Crippen LogP contribution in [-0.4, -0.2) is 26.1 Å². The lowest BCUT2D eigenvalue weighted by Gasteiger charge is -2.07. The standard InChI is InChI=1S/C16H13ClFN5O/c1-10-2-4-11(5-3-10)16-20-21-22-23(16)9-15(24)19-12-6-7-14(18)13(17)8-12/h2-8H,9H2,1H3,(H,19,24). The van der Waals surface area contributed by atoms with Crippen LogP contribution < -0.4 is 5.32 Å². The molecule has 2 aromatic carbocycles. The van der Waals surface area contributed by atoms with E-state index in [1.54, 1.807) is 0 Å². The van der Waals surface area contributed by atoms with Gasteiger partial charge >= 0.3 is 0 Å². The molecule has 1 N–H and O–H groups in total. The van der Waals surface area contributed by atoms with Gasteiger partial charge < -0.3 is 5.32 Å². The van der Waals surface area contributed by atoms with Gasteiger partial charge in [-0.05, 0) is 35.5 Å². The number of aryl methyl sites for hydroxylation is 1. The average Bonchev–Trinajstić information content (AvgIpc) is 2.99. The van der Waals surface area contributed by atoms with Crippen molar-refractivity contribution in [3.8, 4) is 11.4 Å². The Morgan fingerprint density at radius 3 is 2.71 bits per heavy atom. The Balaban J connectivity index is 1.74. The summed E-state index contributed by atoms with van der Waals surface area (Å²) in [6, 6.07) is 11.6. The minimum Gasteiger partial charge on any atom is -0.324 e.